The van der Waals surface area contributed by atoms with E-state index in [-0.39, 0.29) is 10.8 Å². The Morgan fingerprint density at radius 3 is 2.37 bits per heavy atom. The fourth-order valence-electron chi connectivity index (χ4n) is 2.07. The summed E-state index contributed by atoms with van der Waals surface area (Å²) in [7, 11) is -3.56. The van der Waals surface area contributed by atoms with Crippen molar-refractivity contribution in [2.75, 3.05) is 17.8 Å². The molecule has 0 aliphatic carbocycles. The molecule has 19 heavy (non-hydrogen) atoms. The molecule has 1 aromatic carbocycles. The third-order valence-electron chi connectivity index (χ3n) is 3.10. The van der Waals surface area contributed by atoms with Crippen molar-refractivity contribution in [3.8, 4) is 5.75 Å². The lowest BCUT2D eigenvalue weighted by Gasteiger charge is -2.20. The van der Waals surface area contributed by atoms with Crippen LogP contribution >= 0.6 is 11.6 Å². The molecule has 1 aromatic rings. The van der Waals surface area contributed by atoms with Crippen molar-refractivity contribution < 1.29 is 13.5 Å². The number of anilines is 1. The molecule has 0 unspecified atom stereocenters. The molecule has 1 saturated heterocycles. The van der Waals surface area contributed by atoms with Crippen LogP contribution in [0, 0.1) is 0 Å². The zero-order valence-electron chi connectivity index (χ0n) is 10.5. The Bertz CT molecular complexity index is 540. The van der Waals surface area contributed by atoms with Crippen LogP contribution in [0.25, 0.3) is 0 Å². The minimum Gasteiger partial charge on any atom is -0.506 e. The maximum Gasteiger partial charge on any atom is 0.301 e. The number of aromatic hydroxyl groups is 1. The Labute approximate surface area is 118 Å². The van der Waals surface area contributed by atoms with E-state index >= 15 is 0 Å². The van der Waals surface area contributed by atoms with Crippen LogP contribution < -0.4 is 4.72 Å². The van der Waals surface area contributed by atoms with Crippen molar-refractivity contribution in [1.82, 2.24) is 4.31 Å². The molecule has 5 nitrogen and oxygen atoms in total. The fraction of sp³-hybridized carbons (Fsp3) is 0.500. The highest BCUT2D eigenvalue weighted by Crippen LogP contribution is 2.27. The number of hydrogen-bond acceptors (Lipinski definition) is 3. The molecule has 0 aromatic heterocycles. The van der Waals surface area contributed by atoms with Crippen LogP contribution in [0.3, 0.4) is 0 Å². The van der Waals surface area contributed by atoms with Gasteiger partial charge in [-0.3, -0.25) is 4.72 Å². The second kappa shape index (κ2) is 5.98. The second-order valence-corrected chi connectivity index (χ2v) is 6.66. The fourth-order valence-corrected chi connectivity index (χ4v) is 3.48. The van der Waals surface area contributed by atoms with E-state index in [0.29, 0.717) is 18.8 Å². The summed E-state index contributed by atoms with van der Waals surface area (Å²) in [5.74, 6) is -0.141. The Balaban J connectivity index is 2.13. The molecule has 0 bridgehead atoms. The lowest BCUT2D eigenvalue weighted by Crippen LogP contribution is -2.36. The number of phenolic OH excluding ortho intramolecular Hbond substituents is 1. The molecule has 2 N–H and O–H groups in total. The van der Waals surface area contributed by atoms with Crippen LogP contribution in [0.15, 0.2) is 18.2 Å². The summed E-state index contributed by atoms with van der Waals surface area (Å²) < 4.78 is 28.3. The van der Waals surface area contributed by atoms with Crippen LogP contribution in [0.2, 0.25) is 5.02 Å². The number of nitrogens with zero attached hydrogens (tertiary/aromatic N) is 1. The van der Waals surface area contributed by atoms with E-state index < -0.39 is 10.2 Å². The standard InChI is InChI=1S/C12H17ClN2O3S/c13-11-6-5-10(9-12(11)16)14-19(17,18)15-7-3-1-2-4-8-15/h5-6,9,14,16H,1-4,7-8H2. The van der Waals surface area contributed by atoms with Gasteiger partial charge < -0.3 is 5.11 Å². The molecule has 1 aliphatic heterocycles. The summed E-state index contributed by atoms with van der Waals surface area (Å²) in [5.41, 5.74) is 0.311. The van der Waals surface area contributed by atoms with Gasteiger partial charge in [-0.15, -0.1) is 0 Å². The van der Waals surface area contributed by atoms with Crippen molar-refractivity contribution >= 4 is 27.5 Å². The second-order valence-electron chi connectivity index (χ2n) is 4.59. The molecule has 7 heteroatoms. The summed E-state index contributed by atoms with van der Waals surface area (Å²) in [6, 6.07) is 4.28. The molecule has 0 saturated carbocycles. The molecule has 0 spiro atoms. The van der Waals surface area contributed by atoms with Crippen LogP contribution in [0.1, 0.15) is 25.7 Å². The van der Waals surface area contributed by atoms with Gasteiger partial charge in [0.05, 0.1) is 10.7 Å². The third-order valence-corrected chi connectivity index (χ3v) is 4.96. The van der Waals surface area contributed by atoms with Gasteiger partial charge in [0.15, 0.2) is 0 Å². The highest BCUT2D eigenvalue weighted by Gasteiger charge is 2.22. The zero-order chi connectivity index (χ0) is 13.9. The van der Waals surface area contributed by atoms with Gasteiger partial charge >= 0.3 is 10.2 Å². The molecule has 1 aliphatic rings. The summed E-state index contributed by atoms with van der Waals surface area (Å²) in [4.78, 5) is 0. The number of rotatable bonds is 3. The number of halogens is 1. The molecule has 106 valence electrons. The zero-order valence-corrected chi connectivity index (χ0v) is 12.0. The van der Waals surface area contributed by atoms with Crippen LogP contribution in [0.4, 0.5) is 5.69 Å². The predicted molar refractivity (Wildman–Crippen MR) is 75.7 cm³/mol. The minimum absolute atomic E-state index is 0.141. The van der Waals surface area contributed by atoms with E-state index in [1.54, 1.807) is 0 Å². The highest BCUT2D eigenvalue weighted by atomic mass is 35.5. The van der Waals surface area contributed by atoms with E-state index in [2.05, 4.69) is 4.72 Å². The summed E-state index contributed by atoms with van der Waals surface area (Å²) in [6.45, 7) is 1.07. The Morgan fingerprint density at radius 2 is 1.79 bits per heavy atom. The third kappa shape index (κ3) is 3.75. The molecular weight excluding hydrogens is 288 g/mol. The molecule has 0 radical (unpaired) electrons. The van der Waals surface area contributed by atoms with Gasteiger partial charge in [-0.1, -0.05) is 24.4 Å². The predicted octanol–water partition coefficient (Wildman–Crippen LogP) is 2.58. The van der Waals surface area contributed by atoms with Crippen LogP contribution in [-0.2, 0) is 10.2 Å². The van der Waals surface area contributed by atoms with E-state index in [1.807, 2.05) is 0 Å². The number of nitrogens with one attached hydrogen (secondary N) is 1. The average Bonchev–Trinajstić information content (AvgIpc) is 2.63. The van der Waals surface area contributed by atoms with E-state index in [1.165, 1.54) is 22.5 Å². The lowest BCUT2D eigenvalue weighted by molar-refractivity contribution is 0.427. The van der Waals surface area contributed by atoms with E-state index in [0.717, 1.165) is 25.7 Å². The van der Waals surface area contributed by atoms with Gasteiger partial charge in [-0.05, 0) is 25.0 Å². The van der Waals surface area contributed by atoms with Crippen molar-refractivity contribution in [3.63, 3.8) is 0 Å². The molecule has 1 heterocycles. The summed E-state index contributed by atoms with van der Waals surface area (Å²) >= 11 is 5.68. The first-order valence-corrected chi connectivity index (χ1v) is 8.07. The molecule has 1 fully saturated rings. The van der Waals surface area contributed by atoms with Crippen molar-refractivity contribution in [3.05, 3.63) is 23.2 Å². The van der Waals surface area contributed by atoms with Gasteiger partial charge in [0.2, 0.25) is 0 Å². The smallest absolute Gasteiger partial charge is 0.301 e. The minimum atomic E-state index is -3.56. The monoisotopic (exact) mass is 304 g/mol. The van der Waals surface area contributed by atoms with Crippen LogP contribution in [0.5, 0.6) is 5.75 Å². The number of benzene rings is 1. The first-order valence-electron chi connectivity index (χ1n) is 6.25. The largest absolute Gasteiger partial charge is 0.506 e. The van der Waals surface area contributed by atoms with Gasteiger partial charge in [-0.25, -0.2) is 0 Å². The van der Waals surface area contributed by atoms with Gasteiger partial charge in [0.25, 0.3) is 0 Å². The Hall–Kier alpha value is -0.980. The van der Waals surface area contributed by atoms with Gasteiger partial charge in [-0.2, -0.15) is 12.7 Å². The van der Waals surface area contributed by atoms with Crippen molar-refractivity contribution in [1.29, 1.82) is 0 Å². The maximum atomic E-state index is 12.2. The molecule has 2 rings (SSSR count). The average molecular weight is 305 g/mol. The molecular formula is C12H17ClN2O3S. The first-order chi connectivity index (χ1) is 8.99. The lowest BCUT2D eigenvalue weighted by atomic mass is 10.2. The van der Waals surface area contributed by atoms with Gasteiger partial charge in [0.1, 0.15) is 5.75 Å². The summed E-state index contributed by atoms with van der Waals surface area (Å²) in [5, 5.41) is 9.66. The van der Waals surface area contributed by atoms with Crippen LogP contribution in [-0.4, -0.2) is 30.9 Å². The van der Waals surface area contributed by atoms with Crippen molar-refractivity contribution in [2.45, 2.75) is 25.7 Å². The number of phenols is 1. The SMILES string of the molecule is O=S(=O)(Nc1ccc(Cl)c(O)c1)N1CCCCCC1. The topological polar surface area (TPSA) is 69.6 Å². The Morgan fingerprint density at radius 1 is 1.16 bits per heavy atom. The maximum absolute atomic E-state index is 12.2. The number of hydrogen-bond donors (Lipinski definition) is 2. The van der Waals surface area contributed by atoms with E-state index in [9.17, 15) is 13.5 Å². The van der Waals surface area contributed by atoms with E-state index in [4.69, 9.17) is 11.6 Å². The Kier molecular flexibility index (Phi) is 4.54. The summed E-state index contributed by atoms with van der Waals surface area (Å²) in [6.07, 6.45) is 3.89. The van der Waals surface area contributed by atoms with Crippen molar-refractivity contribution in [2.24, 2.45) is 0 Å². The molecule has 0 atom stereocenters. The normalized spacial score (nSPS) is 17.9. The van der Waals surface area contributed by atoms with Gasteiger partial charge in [0, 0.05) is 19.2 Å². The quantitative estimate of drug-likeness (QED) is 0.901. The molecule has 0 amide bonds. The highest BCUT2D eigenvalue weighted by molar-refractivity contribution is 7.90. The first kappa shape index (κ1) is 14.4.